The fourth-order valence-corrected chi connectivity index (χ4v) is 2.91. The van der Waals surface area contributed by atoms with Crippen LogP contribution in [0.15, 0.2) is 95.9 Å². The topological polar surface area (TPSA) is 69.3 Å². The number of hydrogen-bond acceptors (Lipinski definition) is 4. The van der Waals surface area contributed by atoms with Gasteiger partial charge in [-0.2, -0.15) is 5.10 Å². The van der Waals surface area contributed by atoms with Gasteiger partial charge < -0.3 is 14.5 Å². The summed E-state index contributed by atoms with van der Waals surface area (Å²) in [6, 6.07) is 21.8. The van der Waals surface area contributed by atoms with Gasteiger partial charge in [0.2, 0.25) is 0 Å². The number of hydrogen-bond donors (Lipinski definition) is 1. The maximum Gasteiger partial charge on any atom is 0.255 e. The molecular weight excluding hydrogens is 354 g/mol. The summed E-state index contributed by atoms with van der Waals surface area (Å²) in [5, 5.41) is 7.24. The molecule has 1 amide bonds. The molecule has 0 radical (unpaired) electrons. The predicted molar refractivity (Wildman–Crippen MR) is 104 cm³/mol. The molecule has 0 fully saturated rings. The lowest BCUT2D eigenvalue weighted by Crippen LogP contribution is -2.31. The molecule has 1 atom stereocenters. The number of amides is 1. The molecule has 28 heavy (non-hydrogen) atoms. The van der Waals surface area contributed by atoms with Crippen molar-refractivity contribution in [1.29, 1.82) is 0 Å². The first kappa shape index (κ1) is 17.6. The summed E-state index contributed by atoms with van der Waals surface area (Å²) in [7, 11) is 0. The molecule has 6 heteroatoms. The number of carbonyl (C=O) groups excluding carboxylic acids is 1. The van der Waals surface area contributed by atoms with Gasteiger partial charge in [0.1, 0.15) is 23.3 Å². The number of nitrogens with one attached hydrogen (secondary N) is 1. The van der Waals surface area contributed by atoms with E-state index in [1.165, 1.54) is 0 Å². The number of rotatable bonds is 7. The number of para-hydroxylation sites is 2. The summed E-state index contributed by atoms with van der Waals surface area (Å²) in [4.78, 5) is 12.8. The summed E-state index contributed by atoms with van der Waals surface area (Å²) in [5.74, 6) is 1.67. The van der Waals surface area contributed by atoms with Gasteiger partial charge in [-0.3, -0.25) is 9.48 Å². The number of carbonyl (C=O) groups is 1. The largest absolute Gasteiger partial charge is 0.467 e. The number of furan rings is 1. The Hall–Kier alpha value is -3.80. The Kier molecular flexibility index (Phi) is 5.20. The molecule has 0 aliphatic rings. The number of benzene rings is 2. The molecule has 0 spiro atoms. The molecule has 1 N–H and O–H groups in total. The summed E-state index contributed by atoms with van der Waals surface area (Å²) < 4.78 is 13.2. The van der Waals surface area contributed by atoms with Gasteiger partial charge in [0.25, 0.3) is 5.91 Å². The number of ether oxygens (including phenoxy) is 1. The lowest BCUT2D eigenvalue weighted by Gasteiger charge is -2.17. The van der Waals surface area contributed by atoms with E-state index in [4.69, 9.17) is 9.15 Å². The molecule has 140 valence electrons. The van der Waals surface area contributed by atoms with Crippen LogP contribution in [0.25, 0.3) is 0 Å². The highest BCUT2D eigenvalue weighted by atomic mass is 16.5. The Morgan fingerprint density at radius 1 is 1.04 bits per heavy atom. The third-order valence-corrected chi connectivity index (χ3v) is 4.27. The van der Waals surface area contributed by atoms with Gasteiger partial charge in [-0.05, 0) is 42.5 Å². The molecular formula is C22H19N3O3. The van der Waals surface area contributed by atoms with Gasteiger partial charge in [0.15, 0.2) is 0 Å². The van der Waals surface area contributed by atoms with Gasteiger partial charge in [-0.1, -0.05) is 30.3 Å². The number of nitrogens with zero attached hydrogens (tertiary/aromatic N) is 2. The number of aromatic nitrogens is 2. The average Bonchev–Trinajstić information content (AvgIpc) is 3.44. The summed E-state index contributed by atoms with van der Waals surface area (Å²) in [6.45, 7) is 0.327. The van der Waals surface area contributed by atoms with Crippen LogP contribution in [-0.2, 0) is 0 Å². The minimum absolute atomic E-state index is 0.227. The second-order valence-corrected chi connectivity index (χ2v) is 6.14. The van der Waals surface area contributed by atoms with Crippen molar-refractivity contribution in [3.05, 3.63) is 103 Å². The summed E-state index contributed by atoms with van der Waals surface area (Å²) in [5.41, 5.74) is 0.463. The fourth-order valence-electron chi connectivity index (χ4n) is 2.91. The van der Waals surface area contributed by atoms with Crippen molar-refractivity contribution in [3.63, 3.8) is 0 Å². The van der Waals surface area contributed by atoms with Crippen molar-refractivity contribution in [2.45, 2.75) is 6.04 Å². The van der Waals surface area contributed by atoms with Crippen LogP contribution in [0.4, 0.5) is 0 Å². The van der Waals surface area contributed by atoms with E-state index >= 15 is 0 Å². The second-order valence-electron chi connectivity index (χ2n) is 6.14. The molecule has 0 saturated heterocycles. The summed E-state index contributed by atoms with van der Waals surface area (Å²) in [6.07, 6.45) is 5.14. The Balaban J connectivity index is 1.51. The van der Waals surface area contributed by atoms with Crippen LogP contribution in [0, 0.1) is 0 Å². The predicted octanol–water partition coefficient (Wildman–Crippen LogP) is 4.29. The average molecular weight is 373 g/mol. The molecule has 2 heterocycles. The normalized spacial score (nSPS) is 11.7. The molecule has 1 unspecified atom stereocenters. The third kappa shape index (κ3) is 3.96. The Bertz CT molecular complexity index is 978. The van der Waals surface area contributed by atoms with Crippen LogP contribution in [-0.4, -0.2) is 22.2 Å². The van der Waals surface area contributed by atoms with Crippen LogP contribution in [0.3, 0.4) is 0 Å². The molecule has 4 rings (SSSR count). The quantitative estimate of drug-likeness (QED) is 0.525. The summed E-state index contributed by atoms with van der Waals surface area (Å²) >= 11 is 0. The zero-order valence-electron chi connectivity index (χ0n) is 15.1. The zero-order valence-corrected chi connectivity index (χ0v) is 15.1. The Labute approximate surface area is 162 Å². The maximum atomic E-state index is 12.8. The molecule has 4 aromatic rings. The second kappa shape index (κ2) is 8.26. The van der Waals surface area contributed by atoms with Crippen molar-refractivity contribution in [2.75, 3.05) is 6.54 Å². The molecule has 0 saturated carbocycles. The molecule has 0 bridgehead atoms. The first-order valence-electron chi connectivity index (χ1n) is 8.94. The maximum absolute atomic E-state index is 12.8. The Morgan fingerprint density at radius 3 is 2.61 bits per heavy atom. The highest BCUT2D eigenvalue weighted by molar-refractivity contribution is 5.97. The Morgan fingerprint density at radius 2 is 1.86 bits per heavy atom. The first-order valence-corrected chi connectivity index (χ1v) is 8.94. The molecule has 2 aromatic carbocycles. The van der Waals surface area contributed by atoms with Crippen LogP contribution in [0.1, 0.15) is 22.2 Å². The SMILES string of the molecule is O=C(NCC(c1ccco1)n1cccn1)c1ccccc1Oc1ccccc1. The van der Waals surface area contributed by atoms with Crippen molar-refractivity contribution >= 4 is 5.91 Å². The molecule has 2 aromatic heterocycles. The molecule has 6 nitrogen and oxygen atoms in total. The highest BCUT2D eigenvalue weighted by Gasteiger charge is 2.20. The highest BCUT2D eigenvalue weighted by Crippen LogP contribution is 2.25. The van der Waals surface area contributed by atoms with Crippen molar-refractivity contribution in [1.82, 2.24) is 15.1 Å². The third-order valence-electron chi connectivity index (χ3n) is 4.27. The van der Waals surface area contributed by atoms with Crippen molar-refractivity contribution in [2.24, 2.45) is 0 Å². The minimum Gasteiger partial charge on any atom is -0.467 e. The minimum atomic E-state index is -0.240. The van der Waals surface area contributed by atoms with Gasteiger partial charge >= 0.3 is 0 Å². The lowest BCUT2D eigenvalue weighted by molar-refractivity contribution is 0.0946. The van der Waals surface area contributed by atoms with Crippen LogP contribution < -0.4 is 10.1 Å². The first-order chi connectivity index (χ1) is 13.8. The fraction of sp³-hybridized carbons (Fsp3) is 0.0909. The van der Waals surface area contributed by atoms with E-state index in [1.54, 1.807) is 29.3 Å². The smallest absolute Gasteiger partial charge is 0.255 e. The van der Waals surface area contributed by atoms with E-state index in [1.807, 2.05) is 66.9 Å². The van der Waals surface area contributed by atoms with E-state index in [2.05, 4.69) is 10.4 Å². The van der Waals surface area contributed by atoms with E-state index in [9.17, 15) is 4.79 Å². The van der Waals surface area contributed by atoms with E-state index in [0.29, 0.717) is 23.6 Å². The lowest BCUT2D eigenvalue weighted by atomic mass is 10.1. The van der Waals surface area contributed by atoms with E-state index in [0.717, 1.165) is 5.76 Å². The van der Waals surface area contributed by atoms with Crippen molar-refractivity contribution < 1.29 is 13.9 Å². The van der Waals surface area contributed by atoms with Crippen molar-refractivity contribution in [3.8, 4) is 11.5 Å². The van der Waals surface area contributed by atoms with Gasteiger partial charge in [0, 0.05) is 18.9 Å². The van der Waals surface area contributed by atoms with Crippen LogP contribution >= 0.6 is 0 Å². The monoisotopic (exact) mass is 373 g/mol. The van der Waals surface area contributed by atoms with Crippen LogP contribution in [0.2, 0.25) is 0 Å². The van der Waals surface area contributed by atoms with Gasteiger partial charge in [-0.15, -0.1) is 0 Å². The molecule has 0 aliphatic carbocycles. The van der Waals surface area contributed by atoms with Gasteiger partial charge in [0.05, 0.1) is 11.8 Å². The van der Waals surface area contributed by atoms with Crippen LogP contribution in [0.5, 0.6) is 11.5 Å². The zero-order chi connectivity index (χ0) is 19.2. The van der Waals surface area contributed by atoms with E-state index in [-0.39, 0.29) is 11.9 Å². The standard InChI is InChI=1S/C22H19N3O3/c26-22(18-10-4-5-11-20(18)28-17-8-2-1-3-9-17)23-16-19(21-12-6-15-27-21)25-14-7-13-24-25/h1-15,19H,16H2,(H,23,26). The molecule has 0 aliphatic heterocycles. The van der Waals surface area contributed by atoms with Gasteiger partial charge in [-0.25, -0.2) is 0 Å². The van der Waals surface area contributed by atoms with E-state index < -0.39 is 0 Å².